The molecule has 2 aliphatic rings. The van der Waals surface area contributed by atoms with E-state index in [9.17, 15) is 0 Å². The van der Waals surface area contributed by atoms with Crippen LogP contribution in [-0.2, 0) is 0 Å². The van der Waals surface area contributed by atoms with Gasteiger partial charge in [-0.3, -0.25) is 0 Å². The summed E-state index contributed by atoms with van der Waals surface area (Å²) in [4.78, 5) is 0. The molecule has 0 aromatic rings. The van der Waals surface area contributed by atoms with Crippen molar-refractivity contribution in [1.82, 2.24) is 5.32 Å². The Bertz CT molecular complexity index is 122. The molecule has 3 N–H and O–H groups in total. The summed E-state index contributed by atoms with van der Waals surface area (Å²) >= 11 is 0. The average Bonchev–Trinajstić information content (AvgIpc) is 2.45. The van der Waals surface area contributed by atoms with Gasteiger partial charge in [0.1, 0.15) is 0 Å². The summed E-state index contributed by atoms with van der Waals surface area (Å²) in [5.74, 6) is 1.71. The number of nitrogens with two attached hydrogens (primary N) is 1. The minimum Gasteiger partial charge on any atom is -0.330 e. The third-order valence-electron chi connectivity index (χ3n) is 2.78. The van der Waals surface area contributed by atoms with Crippen LogP contribution in [-0.4, -0.2) is 18.6 Å². The van der Waals surface area contributed by atoms with Gasteiger partial charge in [0.15, 0.2) is 0 Å². The molecule has 0 amide bonds. The molecule has 0 spiro atoms. The zero-order valence-corrected chi connectivity index (χ0v) is 5.80. The van der Waals surface area contributed by atoms with Gasteiger partial charge in [0.25, 0.3) is 0 Å². The molecule has 0 aromatic carbocycles. The number of nitrogens with one attached hydrogen (secondary N) is 1. The summed E-state index contributed by atoms with van der Waals surface area (Å²) < 4.78 is 0. The van der Waals surface area contributed by atoms with Gasteiger partial charge >= 0.3 is 0 Å². The fourth-order valence-corrected chi connectivity index (χ4v) is 2.09. The molecular weight excluding hydrogens is 112 g/mol. The molecule has 2 rings (SSSR count). The predicted octanol–water partition coefficient (Wildman–Crippen LogP) is -0.0585. The third-order valence-corrected chi connectivity index (χ3v) is 2.78. The smallest absolute Gasteiger partial charge is 0.0106 e. The molecule has 2 unspecified atom stereocenters. The van der Waals surface area contributed by atoms with Gasteiger partial charge in [0.2, 0.25) is 0 Å². The Kier molecular flexibility index (Phi) is 1.08. The number of hydrogen-bond acceptors (Lipinski definition) is 2. The lowest BCUT2D eigenvalue weighted by molar-refractivity contribution is 0.419. The molecule has 1 aliphatic heterocycles. The van der Waals surface area contributed by atoms with Crippen molar-refractivity contribution in [3.8, 4) is 0 Å². The highest BCUT2D eigenvalue weighted by Crippen LogP contribution is 2.44. The minimum atomic E-state index is 0.679. The van der Waals surface area contributed by atoms with Crippen molar-refractivity contribution in [2.75, 3.05) is 6.54 Å². The van der Waals surface area contributed by atoms with Crippen molar-refractivity contribution in [2.24, 2.45) is 17.6 Å². The molecule has 52 valence electrons. The molecular formula is C7H14N2. The predicted molar refractivity (Wildman–Crippen MR) is 37.0 cm³/mol. The number of piperidine rings is 1. The van der Waals surface area contributed by atoms with Crippen LogP contribution in [0.25, 0.3) is 0 Å². The molecule has 1 heterocycles. The first-order valence-corrected chi connectivity index (χ1v) is 3.79. The van der Waals surface area contributed by atoms with Crippen molar-refractivity contribution >= 4 is 0 Å². The second kappa shape index (κ2) is 1.70. The second-order valence-corrected chi connectivity index (χ2v) is 3.36. The molecule has 0 bridgehead atoms. The highest BCUT2D eigenvalue weighted by atomic mass is 15.1. The van der Waals surface area contributed by atoms with Crippen LogP contribution in [0.1, 0.15) is 13.3 Å². The molecule has 1 saturated carbocycles. The molecule has 0 aromatic heterocycles. The summed E-state index contributed by atoms with van der Waals surface area (Å²) in [6, 6.07) is 1.52. The maximum absolute atomic E-state index is 5.60. The highest BCUT2D eigenvalue weighted by molar-refractivity contribution is 5.07. The summed E-state index contributed by atoms with van der Waals surface area (Å²) in [7, 11) is 0. The van der Waals surface area contributed by atoms with Crippen LogP contribution in [0.4, 0.5) is 0 Å². The standard InChI is InChI=1S/C7H14N2/c1-4-6(3-8)5-2-7(5)9-4/h4-7,9H,2-3,8H2,1H3/t4?,5-,6+,7?/m1/s1. The van der Waals surface area contributed by atoms with E-state index in [0.29, 0.717) is 6.04 Å². The monoisotopic (exact) mass is 126 g/mol. The van der Waals surface area contributed by atoms with Gasteiger partial charge in [0.05, 0.1) is 0 Å². The number of fused-ring (bicyclic) bond motifs is 1. The topological polar surface area (TPSA) is 38.0 Å². The zero-order chi connectivity index (χ0) is 6.43. The maximum Gasteiger partial charge on any atom is 0.0106 e. The molecule has 0 radical (unpaired) electrons. The summed E-state index contributed by atoms with van der Waals surface area (Å²) in [6.07, 6.45) is 1.38. The summed E-state index contributed by atoms with van der Waals surface area (Å²) in [5.41, 5.74) is 5.60. The molecule has 9 heavy (non-hydrogen) atoms. The molecule has 2 nitrogen and oxygen atoms in total. The van der Waals surface area contributed by atoms with Crippen molar-refractivity contribution < 1.29 is 0 Å². The summed E-state index contributed by atoms with van der Waals surface area (Å²) in [5, 5.41) is 3.51. The maximum atomic E-state index is 5.60. The third kappa shape index (κ3) is 0.700. The van der Waals surface area contributed by atoms with E-state index < -0.39 is 0 Å². The Morgan fingerprint density at radius 2 is 2.44 bits per heavy atom. The Balaban J connectivity index is 2.02. The SMILES string of the molecule is CC1NC2C[C@@H]2[C@H]1CN. The first-order chi connectivity index (χ1) is 4.33. The molecule has 2 heteroatoms. The van der Waals surface area contributed by atoms with E-state index in [1.54, 1.807) is 0 Å². The van der Waals surface area contributed by atoms with Gasteiger partial charge in [0, 0.05) is 12.1 Å². The van der Waals surface area contributed by atoms with Gasteiger partial charge in [-0.2, -0.15) is 0 Å². The largest absolute Gasteiger partial charge is 0.330 e. The van der Waals surface area contributed by atoms with E-state index in [2.05, 4.69) is 12.2 Å². The van der Waals surface area contributed by atoms with Crippen molar-refractivity contribution in [3.63, 3.8) is 0 Å². The fraction of sp³-hybridized carbons (Fsp3) is 1.00. The second-order valence-electron chi connectivity index (χ2n) is 3.36. The average molecular weight is 126 g/mol. The van der Waals surface area contributed by atoms with Crippen molar-refractivity contribution in [2.45, 2.75) is 25.4 Å². The molecule has 2 fully saturated rings. The van der Waals surface area contributed by atoms with E-state index in [0.717, 1.165) is 24.4 Å². The van der Waals surface area contributed by atoms with E-state index >= 15 is 0 Å². The van der Waals surface area contributed by atoms with Crippen molar-refractivity contribution in [3.05, 3.63) is 0 Å². The van der Waals surface area contributed by atoms with Gasteiger partial charge in [-0.1, -0.05) is 0 Å². The molecule has 1 saturated heterocycles. The Morgan fingerprint density at radius 1 is 1.67 bits per heavy atom. The Morgan fingerprint density at radius 3 is 2.78 bits per heavy atom. The zero-order valence-electron chi connectivity index (χ0n) is 5.80. The van der Waals surface area contributed by atoms with Crippen LogP contribution < -0.4 is 11.1 Å². The van der Waals surface area contributed by atoms with E-state index in [1.165, 1.54) is 6.42 Å². The highest BCUT2D eigenvalue weighted by Gasteiger charge is 2.50. The number of rotatable bonds is 1. The lowest BCUT2D eigenvalue weighted by Crippen LogP contribution is -2.32. The van der Waals surface area contributed by atoms with Crippen LogP contribution in [0.3, 0.4) is 0 Å². The van der Waals surface area contributed by atoms with Gasteiger partial charge in [-0.15, -0.1) is 0 Å². The van der Waals surface area contributed by atoms with E-state index in [1.807, 2.05) is 0 Å². The molecule has 4 atom stereocenters. The van der Waals surface area contributed by atoms with E-state index in [4.69, 9.17) is 5.73 Å². The summed E-state index contributed by atoms with van der Waals surface area (Å²) in [6.45, 7) is 3.11. The first-order valence-electron chi connectivity index (χ1n) is 3.79. The van der Waals surface area contributed by atoms with Gasteiger partial charge in [-0.25, -0.2) is 0 Å². The van der Waals surface area contributed by atoms with Crippen LogP contribution in [0.2, 0.25) is 0 Å². The van der Waals surface area contributed by atoms with Gasteiger partial charge in [-0.05, 0) is 31.7 Å². The normalized spacial score (nSPS) is 55.3. The van der Waals surface area contributed by atoms with Crippen LogP contribution in [0.5, 0.6) is 0 Å². The van der Waals surface area contributed by atoms with E-state index in [-0.39, 0.29) is 0 Å². The first kappa shape index (κ1) is 5.69. The Hall–Kier alpha value is -0.0800. The van der Waals surface area contributed by atoms with Crippen LogP contribution >= 0.6 is 0 Å². The lowest BCUT2D eigenvalue weighted by atomic mass is 9.99. The number of hydrogen-bond donors (Lipinski definition) is 2. The van der Waals surface area contributed by atoms with Gasteiger partial charge < -0.3 is 11.1 Å². The fourth-order valence-electron chi connectivity index (χ4n) is 2.09. The molecule has 1 aliphatic carbocycles. The minimum absolute atomic E-state index is 0.679. The quantitative estimate of drug-likeness (QED) is 0.516. The lowest BCUT2D eigenvalue weighted by Gasteiger charge is -2.15. The Labute approximate surface area is 55.8 Å². The van der Waals surface area contributed by atoms with Crippen LogP contribution in [0.15, 0.2) is 0 Å². The van der Waals surface area contributed by atoms with Crippen molar-refractivity contribution in [1.29, 1.82) is 0 Å². The van der Waals surface area contributed by atoms with Crippen LogP contribution in [0, 0.1) is 11.8 Å².